The lowest BCUT2D eigenvalue weighted by atomic mass is 9.78. The molecular formula is C18H28FNO. The molecule has 0 radical (unpaired) electrons. The number of aliphatic hydroxyl groups is 1. The first-order valence-corrected chi connectivity index (χ1v) is 8.21. The quantitative estimate of drug-likeness (QED) is 0.838. The smallest absolute Gasteiger partial charge is 0.123 e. The van der Waals surface area contributed by atoms with Crippen molar-refractivity contribution in [1.29, 1.82) is 0 Å². The van der Waals surface area contributed by atoms with E-state index < -0.39 is 5.60 Å². The molecule has 1 aromatic rings. The van der Waals surface area contributed by atoms with Gasteiger partial charge in [0.2, 0.25) is 0 Å². The molecule has 2 nitrogen and oxygen atoms in total. The maximum Gasteiger partial charge on any atom is 0.123 e. The van der Waals surface area contributed by atoms with E-state index in [2.05, 4.69) is 19.2 Å². The fourth-order valence-corrected chi connectivity index (χ4v) is 3.25. The van der Waals surface area contributed by atoms with E-state index in [-0.39, 0.29) is 11.9 Å². The van der Waals surface area contributed by atoms with Crippen molar-refractivity contribution >= 4 is 0 Å². The van der Waals surface area contributed by atoms with Crippen LogP contribution >= 0.6 is 0 Å². The first kappa shape index (κ1) is 16.4. The van der Waals surface area contributed by atoms with Gasteiger partial charge in [-0.15, -0.1) is 0 Å². The van der Waals surface area contributed by atoms with Crippen molar-refractivity contribution in [2.45, 2.75) is 64.0 Å². The van der Waals surface area contributed by atoms with E-state index in [1.165, 1.54) is 12.5 Å². The second-order valence-electron chi connectivity index (χ2n) is 6.69. The summed E-state index contributed by atoms with van der Waals surface area (Å²) in [4.78, 5) is 0. The third-order valence-corrected chi connectivity index (χ3v) is 4.82. The largest absolute Gasteiger partial charge is 0.389 e. The van der Waals surface area contributed by atoms with Crippen LogP contribution in [0.15, 0.2) is 24.3 Å². The molecule has 1 fully saturated rings. The molecule has 21 heavy (non-hydrogen) atoms. The number of hydrogen-bond donors (Lipinski definition) is 2. The predicted molar refractivity (Wildman–Crippen MR) is 84.8 cm³/mol. The van der Waals surface area contributed by atoms with Gasteiger partial charge in [0.25, 0.3) is 0 Å². The van der Waals surface area contributed by atoms with Crippen molar-refractivity contribution in [3.63, 3.8) is 0 Å². The van der Waals surface area contributed by atoms with Crippen LogP contribution in [-0.4, -0.2) is 23.3 Å². The van der Waals surface area contributed by atoms with Crippen LogP contribution in [0.4, 0.5) is 4.39 Å². The molecule has 0 bridgehead atoms. The molecule has 3 heteroatoms. The van der Waals surface area contributed by atoms with Gasteiger partial charge in [0.05, 0.1) is 5.60 Å². The van der Waals surface area contributed by atoms with E-state index in [9.17, 15) is 9.50 Å². The van der Waals surface area contributed by atoms with E-state index in [4.69, 9.17) is 0 Å². The fourth-order valence-electron chi connectivity index (χ4n) is 3.25. The maximum atomic E-state index is 13.2. The third-order valence-electron chi connectivity index (χ3n) is 4.82. The molecule has 1 aliphatic rings. The Morgan fingerprint density at radius 2 is 2.10 bits per heavy atom. The second kappa shape index (κ2) is 7.37. The van der Waals surface area contributed by atoms with Gasteiger partial charge in [0.15, 0.2) is 0 Å². The minimum atomic E-state index is -0.554. The molecule has 2 rings (SSSR count). The van der Waals surface area contributed by atoms with Gasteiger partial charge in [-0.3, -0.25) is 0 Å². The molecule has 0 heterocycles. The lowest BCUT2D eigenvalue weighted by Crippen LogP contribution is -2.46. The minimum absolute atomic E-state index is 0.184. The molecule has 1 atom stereocenters. The standard InChI is InChI=1S/C18H28FNO/c1-3-15-7-9-18(21,10-8-15)13-20-14(2)11-16-5-4-6-17(19)12-16/h4-6,12,14-15,20-21H,3,7-11,13H2,1-2H3. The Hall–Kier alpha value is -0.930. The van der Waals surface area contributed by atoms with Gasteiger partial charge in [0.1, 0.15) is 5.82 Å². The molecule has 1 aliphatic carbocycles. The van der Waals surface area contributed by atoms with E-state index in [1.807, 2.05) is 6.07 Å². The highest BCUT2D eigenvalue weighted by Crippen LogP contribution is 2.33. The van der Waals surface area contributed by atoms with Crippen molar-refractivity contribution in [1.82, 2.24) is 5.32 Å². The van der Waals surface area contributed by atoms with Gasteiger partial charge in [-0.2, -0.15) is 0 Å². The topological polar surface area (TPSA) is 32.3 Å². The molecule has 118 valence electrons. The monoisotopic (exact) mass is 293 g/mol. The maximum absolute atomic E-state index is 13.2. The molecule has 1 saturated carbocycles. The normalized spacial score (nSPS) is 27.5. The van der Waals surface area contributed by atoms with Gasteiger partial charge in [-0.1, -0.05) is 25.5 Å². The van der Waals surface area contributed by atoms with Crippen LogP contribution in [0.25, 0.3) is 0 Å². The first-order valence-electron chi connectivity index (χ1n) is 8.21. The van der Waals surface area contributed by atoms with Crippen LogP contribution in [0.1, 0.15) is 51.5 Å². The highest BCUT2D eigenvalue weighted by atomic mass is 19.1. The van der Waals surface area contributed by atoms with Gasteiger partial charge in [-0.05, 0) is 62.6 Å². The highest BCUT2D eigenvalue weighted by molar-refractivity contribution is 5.17. The summed E-state index contributed by atoms with van der Waals surface area (Å²) in [5.74, 6) is 0.603. The van der Waals surface area contributed by atoms with E-state index in [0.29, 0.717) is 6.54 Å². The molecular weight excluding hydrogens is 265 g/mol. The Morgan fingerprint density at radius 1 is 1.38 bits per heavy atom. The second-order valence-corrected chi connectivity index (χ2v) is 6.69. The summed E-state index contributed by atoms with van der Waals surface area (Å²) in [5.41, 5.74) is 0.443. The number of hydrogen-bond acceptors (Lipinski definition) is 2. The molecule has 0 amide bonds. The molecule has 0 saturated heterocycles. The lowest BCUT2D eigenvalue weighted by Gasteiger charge is -2.36. The Kier molecular flexibility index (Phi) is 5.77. The zero-order valence-electron chi connectivity index (χ0n) is 13.2. The first-order chi connectivity index (χ1) is 10.0. The molecule has 0 aromatic heterocycles. The van der Waals surface area contributed by atoms with Crippen LogP contribution in [0, 0.1) is 11.7 Å². The fraction of sp³-hybridized carbons (Fsp3) is 0.667. The Bertz CT molecular complexity index is 441. The summed E-state index contributed by atoms with van der Waals surface area (Å²) >= 11 is 0. The number of nitrogens with one attached hydrogen (secondary N) is 1. The molecule has 0 spiro atoms. The average molecular weight is 293 g/mol. The summed E-state index contributed by atoms with van der Waals surface area (Å²) in [6.07, 6.45) is 6.06. The van der Waals surface area contributed by atoms with Crippen LogP contribution in [0.5, 0.6) is 0 Å². The Morgan fingerprint density at radius 3 is 2.71 bits per heavy atom. The Labute approximate surface area is 127 Å². The van der Waals surface area contributed by atoms with E-state index >= 15 is 0 Å². The summed E-state index contributed by atoms with van der Waals surface area (Å²) in [5, 5.41) is 14.0. The van der Waals surface area contributed by atoms with Crippen molar-refractivity contribution < 1.29 is 9.50 Å². The summed E-state index contributed by atoms with van der Waals surface area (Å²) in [6.45, 7) is 4.96. The predicted octanol–water partition coefficient (Wildman–Crippen LogP) is 3.68. The number of halogens is 1. The number of rotatable bonds is 6. The van der Waals surface area contributed by atoms with Crippen LogP contribution in [-0.2, 0) is 6.42 Å². The van der Waals surface area contributed by atoms with Crippen molar-refractivity contribution in [2.75, 3.05) is 6.54 Å². The molecule has 2 N–H and O–H groups in total. The third kappa shape index (κ3) is 5.08. The van der Waals surface area contributed by atoms with Gasteiger partial charge in [-0.25, -0.2) is 4.39 Å². The zero-order chi connectivity index (χ0) is 15.3. The summed E-state index contributed by atoms with van der Waals surface area (Å²) in [7, 11) is 0. The molecule has 0 aliphatic heterocycles. The molecule has 1 unspecified atom stereocenters. The van der Waals surface area contributed by atoms with E-state index in [1.54, 1.807) is 12.1 Å². The van der Waals surface area contributed by atoms with Crippen molar-refractivity contribution in [2.24, 2.45) is 5.92 Å². The van der Waals surface area contributed by atoms with Crippen molar-refractivity contribution in [3.8, 4) is 0 Å². The number of benzene rings is 1. The SMILES string of the molecule is CCC1CCC(O)(CNC(C)Cc2cccc(F)c2)CC1. The lowest BCUT2D eigenvalue weighted by molar-refractivity contribution is -0.0103. The van der Waals surface area contributed by atoms with Gasteiger partial charge in [0, 0.05) is 12.6 Å². The summed E-state index contributed by atoms with van der Waals surface area (Å²) < 4.78 is 13.2. The van der Waals surface area contributed by atoms with Gasteiger partial charge < -0.3 is 10.4 Å². The van der Waals surface area contributed by atoms with E-state index in [0.717, 1.165) is 43.6 Å². The minimum Gasteiger partial charge on any atom is -0.389 e. The average Bonchev–Trinajstić information content (AvgIpc) is 2.46. The van der Waals surface area contributed by atoms with Crippen molar-refractivity contribution in [3.05, 3.63) is 35.6 Å². The van der Waals surface area contributed by atoms with Crippen LogP contribution < -0.4 is 5.32 Å². The highest BCUT2D eigenvalue weighted by Gasteiger charge is 2.32. The zero-order valence-corrected chi connectivity index (χ0v) is 13.2. The summed E-state index contributed by atoms with van der Waals surface area (Å²) in [6, 6.07) is 6.98. The molecule has 1 aromatic carbocycles. The Balaban J connectivity index is 1.77. The van der Waals surface area contributed by atoms with Crippen LogP contribution in [0.2, 0.25) is 0 Å². The van der Waals surface area contributed by atoms with Gasteiger partial charge >= 0.3 is 0 Å². The van der Waals surface area contributed by atoms with Crippen LogP contribution in [0.3, 0.4) is 0 Å².